The molecular formula is C24H23NO4. The Kier molecular flexibility index (Phi) is 7.00. The zero-order chi connectivity index (χ0) is 20.5. The average Bonchev–Trinajstić information content (AvgIpc) is 2.78. The number of benzene rings is 3. The van der Waals surface area contributed by atoms with Crippen LogP contribution in [0.5, 0.6) is 5.75 Å². The SMILES string of the molecule is COC(=O)[C@@H](Cc1ccc(OCc2ccccc2)cc1)NC(=O)c1ccccc1. The van der Waals surface area contributed by atoms with E-state index in [1.807, 2.05) is 60.7 Å². The summed E-state index contributed by atoms with van der Waals surface area (Å²) < 4.78 is 10.6. The van der Waals surface area contributed by atoms with Gasteiger partial charge in [0.15, 0.2) is 0 Å². The minimum absolute atomic E-state index is 0.316. The summed E-state index contributed by atoms with van der Waals surface area (Å²) in [6.45, 7) is 0.484. The largest absolute Gasteiger partial charge is 0.489 e. The Balaban J connectivity index is 1.61. The van der Waals surface area contributed by atoms with Gasteiger partial charge in [0.2, 0.25) is 0 Å². The number of hydrogen-bond acceptors (Lipinski definition) is 4. The van der Waals surface area contributed by atoms with Crippen molar-refractivity contribution < 1.29 is 19.1 Å². The Labute approximate surface area is 170 Å². The number of methoxy groups -OCH3 is 1. The maximum absolute atomic E-state index is 12.4. The van der Waals surface area contributed by atoms with Crippen LogP contribution in [-0.2, 0) is 22.6 Å². The number of carbonyl (C=O) groups excluding carboxylic acids is 2. The van der Waals surface area contributed by atoms with Gasteiger partial charge in [0, 0.05) is 12.0 Å². The highest BCUT2D eigenvalue weighted by molar-refractivity contribution is 5.96. The standard InChI is InChI=1S/C24H23NO4/c1-28-24(27)22(25-23(26)20-10-6-3-7-11-20)16-18-12-14-21(15-13-18)29-17-19-8-4-2-5-9-19/h2-15,22H,16-17H2,1H3,(H,25,26)/t22-/m1/s1. The van der Waals surface area contributed by atoms with E-state index in [0.717, 1.165) is 16.9 Å². The van der Waals surface area contributed by atoms with Gasteiger partial charge in [0.1, 0.15) is 18.4 Å². The highest BCUT2D eigenvalue weighted by Gasteiger charge is 2.22. The number of amides is 1. The first-order chi connectivity index (χ1) is 14.2. The maximum Gasteiger partial charge on any atom is 0.328 e. The van der Waals surface area contributed by atoms with E-state index in [2.05, 4.69) is 5.32 Å². The van der Waals surface area contributed by atoms with Crippen LogP contribution in [0.1, 0.15) is 21.5 Å². The Morgan fingerprint density at radius 3 is 2.07 bits per heavy atom. The lowest BCUT2D eigenvalue weighted by Crippen LogP contribution is -2.43. The molecule has 5 nitrogen and oxygen atoms in total. The Morgan fingerprint density at radius 1 is 0.828 bits per heavy atom. The number of nitrogens with one attached hydrogen (secondary N) is 1. The van der Waals surface area contributed by atoms with Crippen LogP contribution in [0.3, 0.4) is 0 Å². The van der Waals surface area contributed by atoms with Crippen LogP contribution in [0.4, 0.5) is 0 Å². The summed E-state index contributed by atoms with van der Waals surface area (Å²) >= 11 is 0. The summed E-state index contributed by atoms with van der Waals surface area (Å²) in [4.78, 5) is 24.5. The second kappa shape index (κ2) is 10.1. The fraction of sp³-hybridized carbons (Fsp3) is 0.167. The van der Waals surface area contributed by atoms with Gasteiger partial charge < -0.3 is 14.8 Å². The molecule has 0 saturated carbocycles. The van der Waals surface area contributed by atoms with Crippen molar-refractivity contribution in [1.29, 1.82) is 0 Å². The fourth-order valence-electron chi connectivity index (χ4n) is 2.87. The molecule has 29 heavy (non-hydrogen) atoms. The summed E-state index contributed by atoms with van der Waals surface area (Å²) in [5.41, 5.74) is 2.47. The Bertz CT molecular complexity index is 924. The highest BCUT2D eigenvalue weighted by Crippen LogP contribution is 2.16. The van der Waals surface area contributed by atoms with E-state index in [9.17, 15) is 9.59 Å². The van der Waals surface area contributed by atoms with Crippen LogP contribution in [-0.4, -0.2) is 25.0 Å². The molecule has 0 bridgehead atoms. The molecule has 3 rings (SSSR count). The van der Waals surface area contributed by atoms with E-state index < -0.39 is 12.0 Å². The van der Waals surface area contributed by atoms with E-state index in [1.54, 1.807) is 24.3 Å². The van der Waals surface area contributed by atoms with E-state index in [4.69, 9.17) is 9.47 Å². The molecule has 1 atom stereocenters. The summed E-state index contributed by atoms with van der Waals surface area (Å²) in [5.74, 6) is -0.0666. The summed E-state index contributed by atoms with van der Waals surface area (Å²) in [6, 6.07) is 25.4. The topological polar surface area (TPSA) is 64.6 Å². The van der Waals surface area contributed by atoms with Crippen LogP contribution < -0.4 is 10.1 Å². The van der Waals surface area contributed by atoms with E-state index in [1.165, 1.54) is 7.11 Å². The molecule has 3 aromatic carbocycles. The fourth-order valence-corrected chi connectivity index (χ4v) is 2.87. The Hall–Kier alpha value is -3.60. The molecule has 148 valence electrons. The number of hydrogen-bond donors (Lipinski definition) is 1. The van der Waals surface area contributed by atoms with Gasteiger partial charge in [0.25, 0.3) is 5.91 Å². The van der Waals surface area contributed by atoms with Crippen molar-refractivity contribution in [2.75, 3.05) is 7.11 Å². The van der Waals surface area contributed by atoms with Crippen LogP contribution >= 0.6 is 0 Å². The van der Waals surface area contributed by atoms with Gasteiger partial charge in [-0.05, 0) is 35.4 Å². The van der Waals surface area contributed by atoms with Crippen molar-refractivity contribution in [2.45, 2.75) is 19.1 Å². The van der Waals surface area contributed by atoms with Gasteiger partial charge >= 0.3 is 5.97 Å². The van der Waals surface area contributed by atoms with E-state index in [0.29, 0.717) is 18.6 Å². The smallest absolute Gasteiger partial charge is 0.328 e. The predicted octanol–water partition coefficient (Wildman–Crippen LogP) is 3.78. The van der Waals surface area contributed by atoms with Crippen molar-refractivity contribution in [2.24, 2.45) is 0 Å². The number of esters is 1. The van der Waals surface area contributed by atoms with Gasteiger partial charge in [-0.15, -0.1) is 0 Å². The lowest BCUT2D eigenvalue weighted by atomic mass is 10.1. The predicted molar refractivity (Wildman–Crippen MR) is 111 cm³/mol. The van der Waals surface area contributed by atoms with Gasteiger partial charge in [-0.1, -0.05) is 60.7 Å². The molecule has 0 aliphatic rings. The summed E-state index contributed by atoms with van der Waals surface area (Å²) in [7, 11) is 1.31. The van der Waals surface area contributed by atoms with Crippen molar-refractivity contribution in [3.05, 3.63) is 102 Å². The van der Waals surface area contributed by atoms with Crippen molar-refractivity contribution >= 4 is 11.9 Å². The normalized spacial score (nSPS) is 11.3. The number of carbonyl (C=O) groups is 2. The van der Waals surface area contributed by atoms with Crippen molar-refractivity contribution in [3.63, 3.8) is 0 Å². The minimum atomic E-state index is -0.774. The summed E-state index contributed by atoms with van der Waals surface area (Å²) in [6.07, 6.45) is 0.324. The van der Waals surface area contributed by atoms with Gasteiger partial charge in [-0.3, -0.25) is 4.79 Å². The molecule has 0 heterocycles. The highest BCUT2D eigenvalue weighted by atomic mass is 16.5. The first kappa shape index (κ1) is 20.1. The van der Waals surface area contributed by atoms with Crippen molar-refractivity contribution in [3.8, 4) is 5.75 Å². The molecule has 0 spiro atoms. The first-order valence-electron chi connectivity index (χ1n) is 9.35. The lowest BCUT2D eigenvalue weighted by Gasteiger charge is -2.17. The molecule has 1 N–H and O–H groups in total. The second-order valence-electron chi connectivity index (χ2n) is 6.54. The lowest BCUT2D eigenvalue weighted by molar-refractivity contribution is -0.142. The zero-order valence-electron chi connectivity index (χ0n) is 16.2. The first-order valence-corrected chi connectivity index (χ1v) is 9.35. The van der Waals surface area contributed by atoms with Gasteiger partial charge in [-0.2, -0.15) is 0 Å². The molecule has 0 unspecified atom stereocenters. The molecule has 0 radical (unpaired) electrons. The quantitative estimate of drug-likeness (QED) is 0.596. The van der Waals surface area contributed by atoms with E-state index in [-0.39, 0.29) is 5.91 Å². The molecule has 0 fully saturated rings. The van der Waals surface area contributed by atoms with Crippen LogP contribution in [0.15, 0.2) is 84.9 Å². The molecule has 0 saturated heterocycles. The molecule has 0 aliphatic heterocycles. The average molecular weight is 389 g/mol. The molecule has 5 heteroatoms. The third-order valence-corrected chi connectivity index (χ3v) is 4.44. The molecular weight excluding hydrogens is 366 g/mol. The van der Waals surface area contributed by atoms with Gasteiger partial charge in [0.05, 0.1) is 7.11 Å². The number of rotatable bonds is 8. The monoisotopic (exact) mass is 389 g/mol. The van der Waals surface area contributed by atoms with Crippen LogP contribution in [0.2, 0.25) is 0 Å². The molecule has 0 aliphatic carbocycles. The van der Waals surface area contributed by atoms with Crippen LogP contribution in [0.25, 0.3) is 0 Å². The van der Waals surface area contributed by atoms with Crippen molar-refractivity contribution in [1.82, 2.24) is 5.32 Å². The molecule has 3 aromatic rings. The summed E-state index contributed by atoms with van der Waals surface area (Å²) in [5, 5.41) is 2.75. The molecule has 1 amide bonds. The van der Waals surface area contributed by atoms with Crippen LogP contribution in [0, 0.1) is 0 Å². The zero-order valence-corrected chi connectivity index (χ0v) is 16.2. The van der Waals surface area contributed by atoms with E-state index >= 15 is 0 Å². The second-order valence-corrected chi connectivity index (χ2v) is 6.54. The third kappa shape index (κ3) is 5.94. The minimum Gasteiger partial charge on any atom is -0.489 e. The van der Waals surface area contributed by atoms with Gasteiger partial charge in [-0.25, -0.2) is 4.79 Å². The Morgan fingerprint density at radius 2 is 1.45 bits per heavy atom. The third-order valence-electron chi connectivity index (χ3n) is 4.44. The maximum atomic E-state index is 12.4. The molecule has 0 aromatic heterocycles. The number of ether oxygens (including phenoxy) is 2.